The Bertz CT molecular complexity index is 681. The molecule has 4 heteroatoms. The third-order valence-electron chi connectivity index (χ3n) is 3.66. The average molecular weight is 296 g/mol. The van der Waals surface area contributed by atoms with Crippen LogP contribution in [0.15, 0.2) is 48.5 Å². The molecule has 4 nitrogen and oxygen atoms in total. The summed E-state index contributed by atoms with van der Waals surface area (Å²) in [5, 5.41) is 2.69. The predicted molar refractivity (Wildman–Crippen MR) is 87.5 cm³/mol. The zero-order valence-electron chi connectivity index (χ0n) is 13.1. The number of aryl methyl sites for hydroxylation is 1. The molecule has 0 unspecified atom stereocenters. The number of carbonyl (C=O) groups excluding carboxylic acids is 2. The summed E-state index contributed by atoms with van der Waals surface area (Å²) < 4.78 is 0. The summed E-state index contributed by atoms with van der Waals surface area (Å²) in [6, 6.07) is 15.2. The van der Waals surface area contributed by atoms with Crippen LogP contribution in [0.1, 0.15) is 16.7 Å². The van der Waals surface area contributed by atoms with Gasteiger partial charge in [-0.3, -0.25) is 9.59 Å². The van der Waals surface area contributed by atoms with E-state index in [9.17, 15) is 9.59 Å². The first-order valence-corrected chi connectivity index (χ1v) is 7.15. The van der Waals surface area contributed by atoms with E-state index in [0.717, 1.165) is 16.7 Å². The number of benzene rings is 2. The normalized spacial score (nSPS) is 10.1. The monoisotopic (exact) mass is 296 g/mol. The summed E-state index contributed by atoms with van der Waals surface area (Å²) in [6.45, 7) is 4.29. The van der Waals surface area contributed by atoms with Crippen LogP contribution in [0.2, 0.25) is 0 Å². The second-order valence-corrected chi connectivity index (χ2v) is 5.35. The lowest BCUT2D eigenvalue weighted by Gasteiger charge is -2.17. The Morgan fingerprint density at radius 3 is 2.36 bits per heavy atom. The van der Waals surface area contributed by atoms with Crippen LogP contribution >= 0.6 is 0 Å². The number of hydrogen-bond donors (Lipinski definition) is 1. The molecule has 0 atom stereocenters. The Kier molecular flexibility index (Phi) is 4.94. The lowest BCUT2D eigenvalue weighted by molar-refractivity contribution is -0.142. The van der Waals surface area contributed by atoms with Gasteiger partial charge in [0.1, 0.15) is 0 Å². The summed E-state index contributed by atoms with van der Waals surface area (Å²) in [5.41, 5.74) is 3.70. The fourth-order valence-corrected chi connectivity index (χ4v) is 2.16. The van der Waals surface area contributed by atoms with Crippen molar-refractivity contribution in [2.24, 2.45) is 0 Å². The maximum absolute atomic E-state index is 12.2. The van der Waals surface area contributed by atoms with E-state index in [1.54, 1.807) is 13.1 Å². The van der Waals surface area contributed by atoms with Crippen LogP contribution in [0, 0.1) is 13.8 Å². The number of anilines is 1. The van der Waals surface area contributed by atoms with E-state index in [4.69, 9.17) is 0 Å². The van der Waals surface area contributed by atoms with Gasteiger partial charge in [-0.05, 0) is 36.6 Å². The van der Waals surface area contributed by atoms with E-state index in [0.29, 0.717) is 12.2 Å². The van der Waals surface area contributed by atoms with Gasteiger partial charge in [0.05, 0.1) is 0 Å². The van der Waals surface area contributed by atoms with Crippen LogP contribution in [0.5, 0.6) is 0 Å². The predicted octanol–water partition coefficient (Wildman–Crippen LogP) is 2.90. The first kappa shape index (κ1) is 15.8. The highest BCUT2D eigenvalue weighted by atomic mass is 16.2. The molecule has 0 fully saturated rings. The number of carbonyl (C=O) groups is 2. The topological polar surface area (TPSA) is 49.4 Å². The maximum Gasteiger partial charge on any atom is 0.313 e. The van der Waals surface area contributed by atoms with Crippen molar-refractivity contribution in [2.75, 3.05) is 12.4 Å². The minimum absolute atomic E-state index is 0.403. The molecule has 0 spiro atoms. The van der Waals surface area contributed by atoms with Crippen molar-refractivity contribution >= 4 is 17.5 Å². The molecule has 0 aliphatic rings. The molecule has 1 N–H and O–H groups in total. The molecule has 0 aromatic heterocycles. The van der Waals surface area contributed by atoms with E-state index in [2.05, 4.69) is 5.32 Å². The van der Waals surface area contributed by atoms with Crippen LogP contribution in [0.4, 0.5) is 5.69 Å². The van der Waals surface area contributed by atoms with Crippen molar-refractivity contribution in [3.05, 3.63) is 65.2 Å². The lowest BCUT2D eigenvalue weighted by Crippen LogP contribution is -2.36. The van der Waals surface area contributed by atoms with Gasteiger partial charge in [-0.25, -0.2) is 0 Å². The van der Waals surface area contributed by atoms with Crippen molar-refractivity contribution in [3.63, 3.8) is 0 Å². The van der Waals surface area contributed by atoms with E-state index < -0.39 is 11.8 Å². The summed E-state index contributed by atoms with van der Waals surface area (Å²) in [6.07, 6.45) is 0. The standard InChI is InChI=1S/C18H20N2O2/c1-13-8-7-11-16(14(13)2)19-17(21)18(22)20(3)12-15-9-5-4-6-10-15/h4-11H,12H2,1-3H3,(H,19,21). The fraction of sp³-hybridized carbons (Fsp3) is 0.222. The number of amides is 2. The number of hydrogen-bond acceptors (Lipinski definition) is 2. The number of nitrogens with zero attached hydrogens (tertiary/aromatic N) is 1. The largest absolute Gasteiger partial charge is 0.333 e. The van der Waals surface area contributed by atoms with Gasteiger partial charge in [0.15, 0.2) is 0 Å². The second-order valence-electron chi connectivity index (χ2n) is 5.35. The maximum atomic E-state index is 12.2. The Hall–Kier alpha value is -2.62. The lowest BCUT2D eigenvalue weighted by atomic mass is 10.1. The smallest absolute Gasteiger partial charge is 0.313 e. The summed E-state index contributed by atoms with van der Waals surface area (Å²) in [4.78, 5) is 25.7. The molecule has 0 saturated heterocycles. The van der Waals surface area contributed by atoms with Gasteiger partial charge in [0.2, 0.25) is 0 Å². The Morgan fingerprint density at radius 1 is 1.00 bits per heavy atom. The highest BCUT2D eigenvalue weighted by Gasteiger charge is 2.19. The van der Waals surface area contributed by atoms with Gasteiger partial charge in [-0.1, -0.05) is 42.5 Å². The second kappa shape index (κ2) is 6.89. The molecule has 114 valence electrons. The van der Waals surface area contributed by atoms with Crippen molar-refractivity contribution in [1.29, 1.82) is 0 Å². The molecule has 2 aromatic rings. The van der Waals surface area contributed by atoms with Gasteiger partial charge in [-0.2, -0.15) is 0 Å². The van der Waals surface area contributed by atoms with Gasteiger partial charge in [0, 0.05) is 19.3 Å². The Balaban J connectivity index is 2.03. The van der Waals surface area contributed by atoms with E-state index >= 15 is 0 Å². The number of rotatable bonds is 3. The van der Waals surface area contributed by atoms with Gasteiger partial charge < -0.3 is 10.2 Å². The van der Waals surface area contributed by atoms with Crippen LogP contribution < -0.4 is 5.32 Å². The van der Waals surface area contributed by atoms with Gasteiger partial charge in [0.25, 0.3) is 0 Å². The molecule has 0 aliphatic carbocycles. The molecule has 0 bridgehead atoms. The fourth-order valence-electron chi connectivity index (χ4n) is 2.16. The number of nitrogens with one attached hydrogen (secondary N) is 1. The molecular weight excluding hydrogens is 276 g/mol. The third kappa shape index (κ3) is 3.73. The summed E-state index contributed by atoms with van der Waals surface area (Å²) in [5.74, 6) is -1.17. The Labute approximate surface area is 130 Å². The van der Waals surface area contributed by atoms with Crippen LogP contribution in [0.3, 0.4) is 0 Å². The Morgan fingerprint density at radius 2 is 1.68 bits per heavy atom. The molecule has 0 saturated carbocycles. The molecule has 2 rings (SSSR count). The van der Waals surface area contributed by atoms with Crippen LogP contribution in [-0.4, -0.2) is 23.8 Å². The van der Waals surface area contributed by atoms with E-state index in [1.807, 2.05) is 56.3 Å². The highest BCUT2D eigenvalue weighted by Crippen LogP contribution is 2.18. The summed E-state index contributed by atoms with van der Waals surface area (Å²) >= 11 is 0. The molecule has 0 heterocycles. The summed E-state index contributed by atoms with van der Waals surface area (Å²) in [7, 11) is 1.62. The minimum Gasteiger partial charge on any atom is -0.333 e. The molecule has 0 aliphatic heterocycles. The average Bonchev–Trinajstić information content (AvgIpc) is 2.52. The SMILES string of the molecule is Cc1cccc(NC(=O)C(=O)N(C)Cc2ccccc2)c1C. The van der Waals surface area contributed by atoms with Gasteiger partial charge >= 0.3 is 11.8 Å². The first-order chi connectivity index (χ1) is 10.5. The number of likely N-dealkylation sites (N-methyl/N-ethyl adjacent to an activating group) is 1. The van der Waals surface area contributed by atoms with Crippen molar-refractivity contribution in [2.45, 2.75) is 20.4 Å². The molecule has 2 amide bonds. The zero-order chi connectivity index (χ0) is 16.1. The molecule has 0 radical (unpaired) electrons. The molecular formula is C18H20N2O2. The minimum atomic E-state index is -0.618. The molecule has 22 heavy (non-hydrogen) atoms. The van der Waals surface area contributed by atoms with Crippen molar-refractivity contribution in [1.82, 2.24) is 4.90 Å². The molecule has 2 aromatic carbocycles. The first-order valence-electron chi connectivity index (χ1n) is 7.15. The highest BCUT2D eigenvalue weighted by molar-refractivity contribution is 6.39. The van der Waals surface area contributed by atoms with Crippen LogP contribution in [0.25, 0.3) is 0 Å². The van der Waals surface area contributed by atoms with E-state index in [-0.39, 0.29) is 0 Å². The van der Waals surface area contributed by atoms with Gasteiger partial charge in [-0.15, -0.1) is 0 Å². The quantitative estimate of drug-likeness (QED) is 0.885. The third-order valence-corrected chi connectivity index (χ3v) is 3.66. The van der Waals surface area contributed by atoms with Crippen molar-refractivity contribution < 1.29 is 9.59 Å². The van der Waals surface area contributed by atoms with E-state index in [1.165, 1.54) is 4.90 Å². The van der Waals surface area contributed by atoms with Crippen LogP contribution in [-0.2, 0) is 16.1 Å². The van der Waals surface area contributed by atoms with Crippen molar-refractivity contribution in [3.8, 4) is 0 Å². The zero-order valence-corrected chi connectivity index (χ0v) is 13.1.